The molecule has 5 nitrogen and oxygen atoms in total. The predicted molar refractivity (Wildman–Crippen MR) is 82.7 cm³/mol. The van der Waals surface area contributed by atoms with Gasteiger partial charge >= 0.3 is 0 Å². The fourth-order valence-electron chi connectivity index (χ4n) is 3.82. The molecule has 4 rings (SSSR count). The van der Waals surface area contributed by atoms with Gasteiger partial charge in [0.1, 0.15) is 5.82 Å². The quantitative estimate of drug-likeness (QED) is 0.804. The maximum Gasteiger partial charge on any atom is 0.198 e. The van der Waals surface area contributed by atoms with Crippen molar-refractivity contribution in [2.24, 2.45) is 7.05 Å². The van der Waals surface area contributed by atoms with Crippen LogP contribution in [-0.4, -0.2) is 44.5 Å². The third kappa shape index (κ3) is 2.58. The van der Waals surface area contributed by atoms with E-state index in [1.807, 2.05) is 4.68 Å². The van der Waals surface area contributed by atoms with Gasteiger partial charge in [-0.05, 0) is 37.9 Å². The van der Waals surface area contributed by atoms with Crippen LogP contribution in [0.15, 0.2) is 0 Å². The lowest BCUT2D eigenvalue weighted by molar-refractivity contribution is -0.0994. The van der Waals surface area contributed by atoms with Crippen molar-refractivity contribution in [2.75, 3.05) is 13.2 Å². The van der Waals surface area contributed by atoms with Gasteiger partial charge in [0.15, 0.2) is 4.77 Å². The SMILES string of the molecule is Cn1c(C2CC2)nn(CN2CCO[C@H]3CCCC[C@@H]32)c1=S. The molecule has 0 spiro atoms. The van der Waals surface area contributed by atoms with E-state index in [1.54, 1.807) is 0 Å². The van der Waals surface area contributed by atoms with Crippen LogP contribution in [0.3, 0.4) is 0 Å². The van der Waals surface area contributed by atoms with Crippen LogP contribution in [0.5, 0.6) is 0 Å². The van der Waals surface area contributed by atoms with E-state index in [-0.39, 0.29) is 0 Å². The van der Waals surface area contributed by atoms with Crippen molar-refractivity contribution < 1.29 is 4.74 Å². The molecule has 0 unspecified atom stereocenters. The van der Waals surface area contributed by atoms with E-state index in [0.717, 1.165) is 24.6 Å². The molecule has 1 aliphatic heterocycles. The molecule has 0 amide bonds. The number of ether oxygens (including phenoxy) is 1. The van der Waals surface area contributed by atoms with E-state index in [9.17, 15) is 0 Å². The molecule has 3 fully saturated rings. The van der Waals surface area contributed by atoms with Crippen molar-refractivity contribution in [2.45, 2.75) is 63.3 Å². The molecule has 0 radical (unpaired) electrons. The van der Waals surface area contributed by atoms with Gasteiger partial charge in [-0.1, -0.05) is 12.8 Å². The molecule has 0 aromatic carbocycles. The van der Waals surface area contributed by atoms with Gasteiger partial charge < -0.3 is 9.30 Å². The van der Waals surface area contributed by atoms with E-state index < -0.39 is 0 Å². The lowest BCUT2D eigenvalue weighted by Crippen LogP contribution is -2.52. The highest BCUT2D eigenvalue weighted by molar-refractivity contribution is 7.71. The Morgan fingerprint density at radius 1 is 1.24 bits per heavy atom. The molecule has 0 bridgehead atoms. The van der Waals surface area contributed by atoms with Crippen molar-refractivity contribution in [3.8, 4) is 0 Å². The second kappa shape index (κ2) is 5.48. The second-order valence-corrected chi connectivity index (χ2v) is 7.05. The molecular formula is C15H24N4OS. The number of hydrogen-bond donors (Lipinski definition) is 0. The monoisotopic (exact) mass is 308 g/mol. The zero-order valence-corrected chi connectivity index (χ0v) is 13.5. The van der Waals surface area contributed by atoms with Gasteiger partial charge in [-0.25, -0.2) is 4.68 Å². The third-order valence-corrected chi connectivity index (χ3v) is 5.66. The number of nitrogens with zero attached hydrogens (tertiary/aromatic N) is 4. The molecular weight excluding hydrogens is 284 g/mol. The molecule has 0 N–H and O–H groups in total. The van der Waals surface area contributed by atoms with Crippen LogP contribution in [-0.2, 0) is 18.5 Å². The summed E-state index contributed by atoms with van der Waals surface area (Å²) in [6.07, 6.45) is 8.05. The first kappa shape index (κ1) is 13.9. The topological polar surface area (TPSA) is 35.2 Å². The number of fused-ring (bicyclic) bond motifs is 1. The summed E-state index contributed by atoms with van der Waals surface area (Å²) in [4.78, 5) is 2.53. The van der Waals surface area contributed by atoms with Crippen molar-refractivity contribution in [3.05, 3.63) is 10.6 Å². The van der Waals surface area contributed by atoms with Crippen molar-refractivity contribution >= 4 is 12.2 Å². The Kier molecular flexibility index (Phi) is 3.63. The molecule has 2 saturated carbocycles. The van der Waals surface area contributed by atoms with E-state index in [0.29, 0.717) is 18.1 Å². The van der Waals surface area contributed by atoms with Crippen molar-refractivity contribution in [1.82, 2.24) is 19.2 Å². The first-order chi connectivity index (χ1) is 10.2. The number of aromatic nitrogens is 3. The third-order valence-electron chi connectivity index (χ3n) is 5.18. The summed E-state index contributed by atoms with van der Waals surface area (Å²) in [7, 11) is 2.06. The fraction of sp³-hybridized carbons (Fsp3) is 0.867. The van der Waals surface area contributed by atoms with Crippen LogP contribution in [0.25, 0.3) is 0 Å². The van der Waals surface area contributed by atoms with Gasteiger partial charge in [0.05, 0.1) is 19.4 Å². The Hall–Kier alpha value is -0.720. The molecule has 2 atom stereocenters. The number of hydrogen-bond acceptors (Lipinski definition) is 4. The van der Waals surface area contributed by atoms with Gasteiger partial charge in [0.25, 0.3) is 0 Å². The Bertz CT molecular complexity index is 575. The molecule has 1 saturated heterocycles. The predicted octanol–water partition coefficient (Wildman–Crippen LogP) is 2.43. The standard InChI is InChI=1S/C15H24N4OS/c1-17-14(11-6-7-11)16-19(15(17)21)10-18-8-9-20-13-5-3-2-4-12(13)18/h11-13H,2-10H2,1H3/t12-,13-/m0/s1. The van der Waals surface area contributed by atoms with Gasteiger partial charge in [0.2, 0.25) is 0 Å². The minimum absolute atomic E-state index is 0.424. The van der Waals surface area contributed by atoms with Crippen molar-refractivity contribution in [3.63, 3.8) is 0 Å². The lowest BCUT2D eigenvalue weighted by Gasteiger charge is -2.43. The van der Waals surface area contributed by atoms with Crippen LogP contribution in [0.1, 0.15) is 50.3 Å². The molecule has 2 heterocycles. The first-order valence-corrected chi connectivity index (χ1v) is 8.64. The minimum Gasteiger partial charge on any atom is -0.375 e. The Morgan fingerprint density at radius 3 is 2.86 bits per heavy atom. The summed E-state index contributed by atoms with van der Waals surface area (Å²) >= 11 is 5.58. The Balaban J connectivity index is 1.54. The zero-order valence-electron chi connectivity index (χ0n) is 12.7. The van der Waals surface area contributed by atoms with E-state index in [1.165, 1.54) is 44.3 Å². The van der Waals surface area contributed by atoms with Crippen LogP contribution < -0.4 is 0 Å². The molecule has 1 aromatic heterocycles. The zero-order chi connectivity index (χ0) is 14.4. The highest BCUT2D eigenvalue weighted by Gasteiger charge is 2.35. The van der Waals surface area contributed by atoms with E-state index >= 15 is 0 Å². The summed E-state index contributed by atoms with van der Waals surface area (Å²) < 4.78 is 10.9. The molecule has 6 heteroatoms. The second-order valence-electron chi connectivity index (χ2n) is 6.69. The maximum atomic E-state index is 5.95. The largest absolute Gasteiger partial charge is 0.375 e. The highest BCUT2D eigenvalue weighted by atomic mass is 32.1. The lowest BCUT2D eigenvalue weighted by atomic mass is 9.90. The fourth-order valence-corrected chi connectivity index (χ4v) is 4.01. The van der Waals surface area contributed by atoms with E-state index in [2.05, 4.69) is 16.5 Å². The number of rotatable bonds is 3. The number of morpholine rings is 1. The van der Waals surface area contributed by atoms with Gasteiger partial charge in [0, 0.05) is 25.6 Å². The molecule has 2 aliphatic carbocycles. The normalized spacial score (nSPS) is 30.3. The van der Waals surface area contributed by atoms with Crippen LogP contribution >= 0.6 is 12.2 Å². The van der Waals surface area contributed by atoms with Crippen LogP contribution in [0.4, 0.5) is 0 Å². The Labute approximate surface area is 130 Å². The minimum atomic E-state index is 0.424. The molecule has 116 valence electrons. The van der Waals surface area contributed by atoms with E-state index in [4.69, 9.17) is 22.1 Å². The summed E-state index contributed by atoms with van der Waals surface area (Å²) in [5.74, 6) is 1.82. The average molecular weight is 308 g/mol. The van der Waals surface area contributed by atoms with Crippen LogP contribution in [0.2, 0.25) is 0 Å². The van der Waals surface area contributed by atoms with Gasteiger partial charge in [-0.15, -0.1) is 0 Å². The Morgan fingerprint density at radius 2 is 2.05 bits per heavy atom. The van der Waals surface area contributed by atoms with Crippen LogP contribution in [0, 0.1) is 4.77 Å². The smallest absolute Gasteiger partial charge is 0.198 e. The molecule has 21 heavy (non-hydrogen) atoms. The van der Waals surface area contributed by atoms with Gasteiger partial charge in [-0.3, -0.25) is 4.90 Å². The molecule has 1 aromatic rings. The first-order valence-electron chi connectivity index (χ1n) is 8.23. The van der Waals surface area contributed by atoms with Gasteiger partial charge in [-0.2, -0.15) is 5.10 Å². The van der Waals surface area contributed by atoms with Crippen molar-refractivity contribution in [1.29, 1.82) is 0 Å². The molecule has 3 aliphatic rings. The summed E-state index contributed by atoms with van der Waals surface area (Å²) in [5, 5.41) is 4.80. The average Bonchev–Trinajstić information content (AvgIpc) is 3.31. The maximum absolute atomic E-state index is 5.95. The summed E-state index contributed by atoms with van der Waals surface area (Å²) in [5.41, 5.74) is 0. The highest BCUT2D eigenvalue weighted by Crippen LogP contribution is 2.39. The summed E-state index contributed by atoms with van der Waals surface area (Å²) in [6.45, 7) is 2.67. The summed E-state index contributed by atoms with van der Waals surface area (Å²) in [6, 6.07) is 0.556.